The van der Waals surface area contributed by atoms with Crippen LogP contribution < -0.4 is 5.56 Å². The molecule has 3 aromatic rings. The van der Waals surface area contributed by atoms with Crippen LogP contribution in [0.25, 0.3) is 10.8 Å². The molecule has 0 N–H and O–H groups in total. The molecule has 0 saturated heterocycles. The van der Waals surface area contributed by atoms with Crippen LogP contribution in [-0.4, -0.2) is 4.57 Å². The van der Waals surface area contributed by atoms with Crippen molar-refractivity contribution in [2.75, 3.05) is 0 Å². The standard InChI is InChI=1S/C18H13BrF3NO/c19-10-13-1-4-14-7-8-23(17(24)16(14)9-13)11-12-2-5-15(6-3-12)18(20,21)22/h1-9H,10-11H2. The molecule has 0 aliphatic rings. The molecule has 0 bridgehead atoms. The minimum absolute atomic E-state index is 0.157. The van der Waals surface area contributed by atoms with Gasteiger partial charge in [-0.05, 0) is 40.8 Å². The summed E-state index contributed by atoms with van der Waals surface area (Å²) in [6, 6.07) is 12.3. The molecule has 124 valence electrons. The molecule has 24 heavy (non-hydrogen) atoms. The fourth-order valence-electron chi connectivity index (χ4n) is 2.53. The van der Waals surface area contributed by atoms with Crippen molar-refractivity contribution in [3.8, 4) is 0 Å². The van der Waals surface area contributed by atoms with Gasteiger partial charge in [0.25, 0.3) is 5.56 Å². The second-order valence-electron chi connectivity index (χ2n) is 5.50. The Morgan fingerprint density at radius 1 is 0.958 bits per heavy atom. The number of hydrogen-bond donors (Lipinski definition) is 0. The second kappa shape index (κ2) is 6.43. The van der Waals surface area contributed by atoms with Crippen molar-refractivity contribution in [1.82, 2.24) is 4.57 Å². The average molecular weight is 396 g/mol. The van der Waals surface area contributed by atoms with Crippen molar-refractivity contribution >= 4 is 26.7 Å². The predicted octanol–water partition coefficient (Wildman–Crippen LogP) is 4.96. The fourth-order valence-corrected chi connectivity index (χ4v) is 2.88. The van der Waals surface area contributed by atoms with Gasteiger partial charge in [-0.3, -0.25) is 4.79 Å². The number of alkyl halides is 4. The van der Waals surface area contributed by atoms with E-state index in [-0.39, 0.29) is 12.1 Å². The van der Waals surface area contributed by atoms with Crippen LogP contribution in [0.3, 0.4) is 0 Å². The van der Waals surface area contributed by atoms with Gasteiger partial charge in [0, 0.05) is 16.9 Å². The molecule has 2 aromatic carbocycles. The molecule has 2 nitrogen and oxygen atoms in total. The van der Waals surface area contributed by atoms with Crippen molar-refractivity contribution in [1.29, 1.82) is 0 Å². The van der Waals surface area contributed by atoms with Gasteiger partial charge in [0.15, 0.2) is 0 Å². The lowest BCUT2D eigenvalue weighted by atomic mass is 10.1. The van der Waals surface area contributed by atoms with E-state index < -0.39 is 11.7 Å². The van der Waals surface area contributed by atoms with Crippen LogP contribution in [0.1, 0.15) is 16.7 Å². The van der Waals surface area contributed by atoms with E-state index in [2.05, 4.69) is 15.9 Å². The molecule has 0 saturated carbocycles. The van der Waals surface area contributed by atoms with E-state index >= 15 is 0 Å². The van der Waals surface area contributed by atoms with Crippen LogP contribution in [0.4, 0.5) is 13.2 Å². The quantitative estimate of drug-likeness (QED) is 0.574. The van der Waals surface area contributed by atoms with Crippen molar-refractivity contribution in [3.63, 3.8) is 0 Å². The van der Waals surface area contributed by atoms with Crippen LogP contribution in [-0.2, 0) is 18.1 Å². The van der Waals surface area contributed by atoms with E-state index in [0.717, 1.165) is 23.1 Å². The van der Waals surface area contributed by atoms with Gasteiger partial charge in [0.05, 0.1) is 12.1 Å². The zero-order valence-corrected chi connectivity index (χ0v) is 14.1. The molecule has 0 atom stereocenters. The molecule has 0 unspecified atom stereocenters. The zero-order valence-electron chi connectivity index (χ0n) is 12.5. The third-order valence-corrected chi connectivity index (χ3v) is 4.48. The van der Waals surface area contributed by atoms with Gasteiger partial charge in [-0.2, -0.15) is 13.2 Å². The van der Waals surface area contributed by atoms with E-state index in [4.69, 9.17) is 0 Å². The average Bonchev–Trinajstić information content (AvgIpc) is 2.57. The lowest BCUT2D eigenvalue weighted by Gasteiger charge is -2.10. The van der Waals surface area contributed by atoms with Crippen LogP contribution in [0.15, 0.2) is 59.5 Å². The molecular weight excluding hydrogens is 383 g/mol. The summed E-state index contributed by atoms with van der Waals surface area (Å²) >= 11 is 3.36. The highest BCUT2D eigenvalue weighted by Gasteiger charge is 2.29. The largest absolute Gasteiger partial charge is 0.416 e. The van der Waals surface area contributed by atoms with Gasteiger partial charge in [0.2, 0.25) is 0 Å². The minimum Gasteiger partial charge on any atom is -0.311 e. The summed E-state index contributed by atoms with van der Waals surface area (Å²) in [6.45, 7) is 0.228. The van der Waals surface area contributed by atoms with Crippen LogP contribution >= 0.6 is 15.9 Å². The summed E-state index contributed by atoms with van der Waals surface area (Å²) in [5.74, 6) is 0. The van der Waals surface area contributed by atoms with Gasteiger partial charge in [-0.25, -0.2) is 0 Å². The van der Waals surface area contributed by atoms with Crippen molar-refractivity contribution in [3.05, 3.63) is 81.8 Å². The third-order valence-electron chi connectivity index (χ3n) is 3.83. The molecule has 0 radical (unpaired) electrons. The Hall–Kier alpha value is -2.08. The Kier molecular flexibility index (Phi) is 4.49. The topological polar surface area (TPSA) is 22.0 Å². The van der Waals surface area contributed by atoms with Gasteiger partial charge in [-0.1, -0.05) is 40.2 Å². The molecule has 0 aliphatic heterocycles. The number of aromatic nitrogens is 1. The second-order valence-corrected chi connectivity index (χ2v) is 6.06. The molecule has 1 heterocycles. The Morgan fingerprint density at radius 3 is 2.25 bits per heavy atom. The SMILES string of the molecule is O=c1c2cc(CBr)ccc2ccn1Cc1ccc(C(F)(F)F)cc1. The normalized spacial score (nSPS) is 11.8. The molecule has 0 aliphatic carbocycles. The number of pyridine rings is 1. The summed E-state index contributed by atoms with van der Waals surface area (Å²) in [6.07, 6.45) is -2.69. The number of benzene rings is 2. The Labute approximate surface area is 144 Å². The molecule has 1 aromatic heterocycles. The number of fused-ring (bicyclic) bond motifs is 1. The highest BCUT2D eigenvalue weighted by molar-refractivity contribution is 9.08. The highest BCUT2D eigenvalue weighted by atomic mass is 79.9. The monoisotopic (exact) mass is 395 g/mol. The zero-order chi connectivity index (χ0) is 17.3. The van der Waals surface area contributed by atoms with Crippen molar-refractivity contribution < 1.29 is 13.2 Å². The Balaban J connectivity index is 1.95. The van der Waals surface area contributed by atoms with Crippen molar-refractivity contribution in [2.45, 2.75) is 18.1 Å². The van der Waals surface area contributed by atoms with E-state index in [1.807, 2.05) is 24.3 Å². The lowest BCUT2D eigenvalue weighted by molar-refractivity contribution is -0.137. The predicted molar refractivity (Wildman–Crippen MR) is 91.4 cm³/mol. The van der Waals surface area contributed by atoms with Crippen LogP contribution in [0, 0.1) is 0 Å². The summed E-state index contributed by atoms with van der Waals surface area (Å²) in [5, 5.41) is 2.09. The number of rotatable bonds is 3. The molecular formula is C18H13BrF3NO. The van der Waals surface area contributed by atoms with Gasteiger partial charge in [-0.15, -0.1) is 0 Å². The minimum atomic E-state index is -4.36. The van der Waals surface area contributed by atoms with E-state index in [0.29, 0.717) is 16.3 Å². The Bertz CT molecular complexity index is 930. The lowest BCUT2D eigenvalue weighted by Crippen LogP contribution is -2.20. The maximum Gasteiger partial charge on any atom is 0.416 e. The van der Waals surface area contributed by atoms with Gasteiger partial charge < -0.3 is 4.57 Å². The van der Waals surface area contributed by atoms with Crippen LogP contribution in [0.5, 0.6) is 0 Å². The maximum atomic E-state index is 12.6. The van der Waals surface area contributed by atoms with Gasteiger partial charge in [0.1, 0.15) is 0 Å². The molecule has 0 spiro atoms. The first kappa shape index (κ1) is 16.8. The Morgan fingerprint density at radius 2 is 1.62 bits per heavy atom. The summed E-state index contributed by atoms with van der Waals surface area (Å²) in [7, 11) is 0. The number of halogens is 4. The highest BCUT2D eigenvalue weighted by Crippen LogP contribution is 2.29. The molecule has 0 fully saturated rings. The maximum absolute atomic E-state index is 12.6. The van der Waals surface area contributed by atoms with E-state index in [9.17, 15) is 18.0 Å². The summed E-state index contributed by atoms with van der Waals surface area (Å²) in [4.78, 5) is 12.6. The molecule has 6 heteroatoms. The molecule has 0 amide bonds. The third kappa shape index (κ3) is 3.38. The fraction of sp³-hybridized carbons (Fsp3) is 0.167. The smallest absolute Gasteiger partial charge is 0.311 e. The van der Waals surface area contributed by atoms with Gasteiger partial charge >= 0.3 is 6.18 Å². The van der Waals surface area contributed by atoms with E-state index in [1.165, 1.54) is 16.7 Å². The van der Waals surface area contributed by atoms with Crippen molar-refractivity contribution in [2.24, 2.45) is 0 Å². The summed E-state index contributed by atoms with van der Waals surface area (Å²) < 4.78 is 39.3. The first-order valence-electron chi connectivity index (χ1n) is 7.22. The number of nitrogens with zero attached hydrogens (tertiary/aromatic N) is 1. The first-order chi connectivity index (χ1) is 11.4. The summed E-state index contributed by atoms with van der Waals surface area (Å²) in [5.41, 5.74) is 0.780. The molecule has 3 rings (SSSR count). The van der Waals surface area contributed by atoms with Crippen LogP contribution in [0.2, 0.25) is 0 Å². The first-order valence-corrected chi connectivity index (χ1v) is 8.35. The number of hydrogen-bond acceptors (Lipinski definition) is 1. The van der Waals surface area contributed by atoms with E-state index in [1.54, 1.807) is 6.20 Å².